The third-order valence-corrected chi connectivity index (χ3v) is 9.55. The molecule has 6 nitrogen and oxygen atoms in total. The fraction of sp³-hybridized carbons (Fsp3) is 0.357. The van der Waals surface area contributed by atoms with E-state index in [9.17, 15) is 19.2 Å². The van der Waals surface area contributed by atoms with E-state index in [0.717, 1.165) is 16.4 Å². The van der Waals surface area contributed by atoms with Crippen LogP contribution < -0.4 is 0 Å². The van der Waals surface area contributed by atoms with Crippen molar-refractivity contribution in [1.82, 2.24) is 10.0 Å². The predicted molar refractivity (Wildman–Crippen MR) is 144 cm³/mol. The number of carbonyl (C=O) groups is 4. The van der Waals surface area contributed by atoms with Gasteiger partial charge in [0.25, 0.3) is 17.7 Å². The number of ketones is 1. The average Bonchev–Trinajstić information content (AvgIpc) is 3.69. The largest absolute Gasteiger partial charge is 0.292 e. The second-order valence-electron chi connectivity index (χ2n) is 10.3. The highest BCUT2D eigenvalue weighted by Crippen LogP contribution is 2.65. The second kappa shape index (κ2) is 9.67. The summed E-state index contributed by atoms with van der Waals surface area (Å²) in [5.41, 5.74) is 0.359. The molecule has 0 aromatic heterocycles. The number of rotatable bonds is 7. The number of halogens is 4. The van der Waals surface area contributed by atoms with Gasteiger partial charge in [-0.05, 0) is 79.0 Å². The van der Waals surface area contributed by atoms with E-state index in [2.05, 4.69) is 12.2 Å². The van der Waals surface area contributed by atoms with Gasteiger partial charge in [0.05, 0.1) is 21.9 Å². The van der Waals surface area contributed by atoms with Crippen molar-refractivity contribution in [2.75, 3.05) is 5.88 Å². The Labute approximate surface area is 239 Å². The van der Waals surface area contributed by atoms with Crippen molar-refractivity contribution in [3.8, 4) is 0 Å². The number of Topliss-reactive ketones (excluding diaryl/α,β-unsaturated/α-hetero) is 1. The maximum atomic E-state index is 14.1. The molecule has 38 heavy (non-hydrogen) atoms. The first-order valence-corrected chi connectivity index (χ1v) is 14.1. The Morgan fingerprint density at radius 3 is 2.00 bits per heavy atom. The maximum absolute atomic E-state index is 14.1. The topological polar surface area (TPSA) is 74.8 Å². The lowest BCUT2D eigenvalue weighted by atomic mass is 9.63. The molecule has 2 aromatic rings. The van der Waals surface area contributed by atoms with Crippen LogP contribution in [0.5, 0.6) is 0 Å². The molecule has 1 saturated heterocycles. The van der Waals surface area contributed by atoms with Gasteiger partial charge in [-0.15, -0.1) is 11.6 Å². The third kappa shape index (κ3) is 4.00. The molecule has 10 heteroatoms. The quantitative estimate of drug-likeness (QED) is 0.173. The van der Waals surface area contributed by atoms with Gasteiger partial charge in [-0.25, -0.2) is 5.01 Å². The number of alkyl halides is 1. The Bertz CT molecular complexity index is 1360. The molecule has 3 amide bonds. The fourth-order valence-corrected chi connectivity index (χ4v) is 7.19. The highest BCUT2D eigenvalue weighted by molar-refractivity contribution is 6.42. The molecule has 0 radical (unpaired) electrons. The number of hydrogen-bond donors (Lipinski definition) is 0. The Morgan fingerprint density at radius 1 is 0.868 bits per heavy atom. The first kappa shape index (κ1) is 25.9. The van der Waals surface area contributed by atoms with Gasteiger partial charge in [0.15, 0.2) is 5.78 Å². The molecule has 5 aliphatic rings. The van der Waals surface area contributed by atoms with Crippen LogP contribution in [0.1, 0.15) is 33.6 Å². The van der Waals surface area contributed by atoms with Gasteiger partial charge in [0, 0.05) is 22.0 Å². The zero-order valence-corrected chi connectivity index (χ0v) is 22.9. The van der Waals surface area contributed by atoms with Crippen LogP contribution in [0.2, 0.25) is 15.1 Å². The molecule has 0 spiro atoms. The summed E-state index contributed by atoms with van der Waals surface area (Å²) in [6.07, 6.45) is 5.12. The highest BCUT2D eigenvalue weighted by Gasteiger charge is 2.68. The van der Waals surface area contributed by atoms with Crippen LogP contribution >= 0.6 is 46.4 Å². The lowest BCUT2D eigenvalue weighted by molar-refractivity contribution is -0.157. The number of hydrazine groups is 1. The Hall–Kier alpha value is -2.38. The first-order chi connectivity index (χ1) is 18.2. The molecule has 1 aliphatic heterocycles. The summed E-state index contributed by atoms with van der Waals surface area (Å²) in [6.45, 7) is 0. The van der Waals surface area contributed by atoms with Crippen molar-refractivity contribution in [3.63, 3.8) is 0 Å². The van der Waals surface area contributed by atoms with Gasteiger partial charge >= 0.3 is 0 Å². The van der Waals surface area contributed by atoms with Crippen molar-refractivity contribution in [2.24, 2.45) is 35.5 Å². The second-order valence-corrected chi connectivity index (χ2v) is 11.9. The molecule has 196 valence electrons. The molecule has 7 atom stereocenters. The number of amides is 3. The van der Waals surface area contributed by atoms with E-state index in [1.165, 1.54) is 18.2 Å². The standard InChI is InChI=1S/C28H22Cl4N2O4/c29-10-9-22(25(35)13-1-4-15(30)5-2-13)33(26(36)14-3-8-20(31)21(32)11-14)34-27(37)23-16-6-7-17(19-12-18(16)19)24(23)28(34)38/h1-8,11,16-19,22-24H,9-10,12H2/t16-,17-,18-,19-,22-,23-,24+/m0/s1. The molecule has 2 bridgehead atoms. The molecule has 2 saturated carbocycles. The summed E-state index contributed by atoms with van der Waals surface area (Å²) in [4.78, 5) is 55.9. The van der Waals surface area contributed by atoms with Gasteiger partial charge in [-0.3, -0.25) is 19.2 Å². The van der Waals surface area contributed by atoms with Crippen LogP contribution in [0.3, 0.4) is 0 Å². The molecule has 1 heterocycles. The van der Waals surface area contributed by atoms with Gasteiger partial charge in [0.1, 0.15) is 6.04 Å². The summed E-state index contributed by atoms with van der Waals surface area (Å²) in [7, 11) is 0. The van der Waals surface area contributed by atoms with E-state index in [1.54, 1.807) is 24.3 Å². The maximum Gasteiger partial charge on any atom is 0.273 e. The normalized spacial score (nSPS) is 29.2. The van der Waals surface area contributed by atoms with E-state index in [1.807, 2.05) is 0 Å². The zero-order valence-electron chi connectivity index (χ0n) is 19.9. The zero-order chi connectivity index (χ0) is 26.9. The van der Waals surface area contributed by atoms with E-state index in [4.69, 9.17) is 46.4 Å². The van der Waals surface area contributed by atoms with E-state index >= 15 is 0 Å². The summed E-state index contributed by atoms with van der Waals surface area (Å²) in [5, 5.41) is 2.74. The van der Waals surface area contributed by atoms with E-state index in [0.29, 0.717) is 16.9 Å². The minimum atomic E-state index is -1.22. The van der Waals surface area contributed by atoms with Gasteiger partial charge in [-0.2, -0.15) is 5.01 Å². The summed E-state index contributed by atoms with van der Waals surface area (Å²) >= 11 is 24.4. The Kier molecular flexibility index (Phi) is 6.58. The molecule has 4 aliphatic carbocycles. The third-order valence-electron chi connectivity index (χ3n) is 8.34. The number of nitrogens with zero attached hydrogens (tertiary/aromatic N) is 2. The minimum Gasteiger partial charge on any atom is -0.292 e. The highest BCUT2D eigenvalue weighted by atomic mass is 35.5. The SMILES string of the molecule is O=C(c1ccc(Cl)cc1)[C@H](CCCl)N(C(=O)c1ccc(Cl)c(Cl)c1)N1C(=O)[C@@H]2[C@H]3C=C[C@@H]([C@@H]4C[C@@H]34)[C@@H]2C1=O. The molecular weight excluding hydrogens is 570 g/mol. The Balaban J connectivity index is 1.45. The molecule has 0 N–H and O–H groups in total. The molecule has 3 fully saturated rings. The van der Waals surface area contributed by atoms with E-state index in [-0.39, 0.29) is 45.3 Å². The Morgan fingerprint density at radius 2 is 1.45 bits per heavy atom. The van der Waals surface area contributed by atoms with Gasteiger partial charge in [0.2, 0.25) is 0 Å². The predicted octanol–water partition coefficient (Wildman–Crippen LogP) is 5.94. The van der Waals surface area contributed by atoms with Crippen LogP contribution in [0.25, 0.3) is 0 Å². The molecule has 2 aromatic carbocycles. The van der Waals surface area contributed by atoms with Crippen molar-refractivity contribution in [3.05, 3.63) is 80.8 Å². The van der Waals surface area contributed by atoms with Crippen molar-refractivity contribution in [1.29, 1.82) is 0 Å². The first-order valence-electron chi connectivity index (χ1n) is 12.4. The summed E-state index contributed by atoms with van der Waals surface area (Å²) < 4.78 is 0. The number of benzene rings is 2. The monoisotopic (exact) mass is 590 g/mol. The average molecular weight is 592 g/mol. The number of hydrogen-bond acceptors (Lipinski definition) is 4. The van der Waals surface area contributed by atoms with Gasteiger partial charge < -0.3 is 0 Å². The van der Waals surface area contributed by atoms with Gasteiger partial charge in [-0.1, -0.05) is 47.0 Å². The molecule has 7 rings (SSSR count). The van der Waals surface area contributed by atoms with Crippen LogP contribution in [-0.2, 0) is 9.59 Å². The number of imide groups is 1. The lowest BCUT2D eigenvalue weighted by Crippen LogP contribution is -2.57. The van der Waals surface area contributed by atoms with Crippen molar-refractivity contribution < 1.29 is 19.2 Å². The van der Waals surface area contributed by atoms with E-state index < -0.39 is 41.4 Å². The molecular formula is C28H22Cl4N2O4. The number of allylic oxidation sites excluding steroid dienone is 2. The van der Waals surface area contributed by atoms with Crippen molar-refractivity contribution in [2.45, 2.75) is 18.9 Å². The van der Waals surface area contributed by atoms with Crippen LogP contribution in [0.4, 0.5) is 0 Å². The fourth-order valence-electron chi connectivity index (χ4n) is 6.56. The minimum absolute atomic E-state index is 0.00911. The van der Waals surface area contributed by atoms with Crippen molar-refractivity contribution >= 4 is 69.9 Å². The smallest absolute Gasteiger partial charge is 0.273 e. The summed E-state index contributed by atoms with van der Waals surface area (Å²) in [5.74, 6) is -2.50. The molecule has 0 unspecified atom stereocenters. The van der Waals surface area contributed by atoms with Crippen LogP contribution in [0, 0.1) is 35.5 Å². The van der Waals surface area contributed by atoms with Crippen LogP contribution in [-0.4, -0.2) is 45.4 Å². The van der Waals surface area contributed by atoms with Crippen LogP contribution in [0.15, 0.2) is 54.6 Å². The number of carbonyl (C=O) groups excluding carboxylic acids is 4. The lowest BCUT2D eigenvalue weighted by Gasteiger charge is -2.37. The summed E-state index contributed by atoms with van der Waals surface area (Å²) in [6, 6.07) is 9.26.